The Morgan fingerprint density at radius 1 is 0.968 bits per heavy atom. The van der Waals surface area contributed by atoms with Crippen LogP contribution in [0.2, 0.25) is 0 Å². The highest BCUT2D eigenvalue weighted by Crippen LogP contribution is 2.41. The van der Waals surface area contributed by atoms with Crippen LogP contribution in [0.1, 0.15) is 37.6 Å². The van der Waals surface area contributed by atoms with Gasteiger partial charge in [-0.05, 0) is 18.2 Å². The van der Waals surface area contributed by atoms with Crippen LogP contribution < -0.4 is 15.0 Å². The molecule has 0 spiro atoms. The number of carbonyl (C=O) groups is 2. The first-order valence-corrected chi connectivity index (χ1v) is 10.0. The van der Waals surface area contributed by atoms with E-state index in [-0.39, 0.29) is 17.7 Å². The Hall–Kier alpha value is -4.19. The molecule has 31 heavy (non-hydrogen) atoms. The Morgan fingerprint density at radius 3 is 2.55 bits per heavy atom. The molecule has 0 radical (unpaired) electrons. The van der Waals surface area contributed by atoms with E-state index in [0.29, 0.717) is 45.9 Å². The molecule has 0 fully saturated rings. The summed E-state index contributed by atoms with van der Waals surface area (Å²) in [6.45, 7) is 0.373. The van der Waals surface area contributed by atoms with Gasteiger partial charge >= 0.3 is 0 Å². The molecule has 1 aromatic heterocycles. The molecule has 0 saturated carbocycles. The summed E-state index contributed by atoms with van der Waals surface area (Å²) in [5.41, 5.74) is 3.38. The number of fused-ring (bicyclic) bond motifs is 5. The second kappa shape index (κ2) is 6.67. The quantitative estimate of drug-likeness (QED) is 0.544. The minimum absolute atomic E-state index is 0.192. The van der Waals surface area contributed by atoms with Gasteiger partial charge in [0, 0.05) is 23.3 Å². The summed E-state index contributed by atoms with van der Waals surface area (Å²) >= 11 is 0. The maximum atomic E-state index is 13.5. The summed E-state index contributed by atoms with van der Waals surface area (Å²) in [5.74, 6) is 0.850. The van der Waals surface area contributed by atoms with Gasteiger partial charge in [-0.1, -0.05) is 36.4 Å². The van der Waals surface area contributed by atoms with E-state index in [9.17, 15) is 9.59 Å². The third kappa shape index (κ3) is 2.69. The van der Waals surface area contributed by atoms with Crippen LogP contribution in [0.4, 0.5) is 11.4 Å². The topological polar surface area (TPSA) is 82.5 Å². The predicted molar refractivity (Wildman–Crippen MR) is 114 cm³/mol. The number of hydrogen-bond acceptors (Lipinski definition) is 5. The molecule has 6 nitrogen and oxygen atoms in total. The molecule has 0 bridgehead atoms. The Kier molecular flexibility index (Phi) is 3.80. The summed E-state index contributed by atoms with van der Waals surface area (Å²) in [7, 11) is 0. The van der Waals surface area contributed by atoms with Gasteiger partial charge in [-0.15, -0.1) is 0 Å². The van der Waals surface area contributed by atoms with Gasteiger partial charge in [0.25, 0.3) is 5.69 Å². The smallest absolute Gasteiger partial charge is 0.258 e. The Bertz CT molecular complexity index is 1350. The average molecular weight is 409 g/mol. The molecule has 3 aromatic rings. The molecule has 1 atom stereocenters. The molecule has 6 rings (SSSR count). The Labute approximate surface area is 177 Å². The molecule has 1 aliphatic heterocycles. The van der Waals surface area contributed by atoms with Crippen LogP contribution >= 0.6 is 0 Å². The fraction of sp³-hybridized carbons (Fsp3) is 0.0800. The maximum absolute atomic E-state index is 13.5. The van der Waals surface area contributed by atoms with Crippen molar-refractivity contribution in [3.63, 3.8) is 0 Å². The molecule has 3 aliphatic rings. The lowest BCUT2D eigenvalue weighted by Crippen LogP contribution is -2.72. The molecule has 0 amide bonds. The second-order valence-electron chi connectivity index (χ2n) is 7.55. The third-order valence-corrected chi connectivity index (χ3v) is 5.70. The van der Waals surface area contributed by atoms with Gasteiger partial charge in [-0.2, -0.15) is 0 Å². The number of allylic oxidation sites excluding steroid dienone is 2. The number of ether oxygens (including phenoxy) is 1. The first kappa shape index (κ1) is 17.7. The zero-order valence-electron chi connectivity index (χ0n) is 16.3. The molecule has 2 heterocycles. The van der Waals surface area contributed by atoms with Gasteiger partial charge < -0.3 is 14.5 Å². The highest BCUT2D eigenvalue weighted by atomic mass is 16.5. The Balaban J connectivity index is 1.56. The lowest BCUT2D eigenvalue weighted by Gasteiger charge is -2.25. The maximum Gasteiger partial charge on any atom is 0.258 e. The van der Waals surface area contributed by atoms with Crippen LogP contribution in [0.25, 0.3) is 0 Å². The number of ketones is 2. The third-order valence-electron chi connectivity index (χ3n) is 5.70. The first-order chi connectivity index (χ1) is 15.2. The zero-order chi connectivity index (χ0) is 20.9. The monoisotopic (exact) mass is 409 g/mol. The molecule has 150 valence electrons. The number of carbonyl (C=O) groups excluding carboxylic acids is 2. The van der Waals surface area contributed by atoms with Crippen molar-refractivity contribution in [2.75, 3.05) is 5.32 Å². The van der Waals surface area contributed by atoms with Gasteiger partial charge in [0.2, 0.25) is 17.6 Å². The molecule has 0 saturated heterocycles. The van der Waals surface area contributed by atoms with E-state index in [2.05, 4.69) is 10.3 Å². The normalized spacial score (nSPS) is 17.8. The highest BCUT2D eigenvalue weighted by Gasteiger charge is 2.41. The molecule has 2 N–H and O–H groups in total. The van der Waals surface area contributed by atoms with Crippen LogP contribution in [-0.4, -0.2) is 23.4 Å². The summed E-state index contributed by atoms with van der Waals surface area (Å²) in [5, 5.41) is 3.27. The SMILES string of the molecule is O=C1c2ccccc2C(=O)c2c3c(cc(NCc4ccco4)c21)OC1C=CC=CC1=[NH+]3. The number of furan rings is 1. The standard InChI is InChI=1S/C25H16N2O4/c28-24-15-7-1-2-8-16(15)25(29)22-21(24)18(26-13-14-6-5-11-30-14)12-20-23(22)27-17-9-3-4-10-19(17)31-20/h1-12,19,26H,13H2/p+1. The van der Waals surface area contributed by atoms with Crippen LogP contribution in [0, 0.1) is 0 Å². The van der Waals surface area contributed by atoms with Crippen molar-refractivity contribution in [2.24, 2.45) is 0 Å². The lowest BCUT2D eigenvalue weighted by molar-refractivity contribution is -0.362. The fourth-order valence-electron chi connectivity index (χ4n) is 4.24. The number of benzene rings is 2. The van der Waals surface area contributed by atoms with Crippen LogP contribution in [0.15, 0.2) is 77.4 Å². The van der Waals surface area contributed by atoms with Crippen molar-refractivity contribution in [2.45, 2.75) is 12.6 Å². The number of anilines is 1. The number of hydrogen-bond donors (Lipinski definition) is 2. The minimum Gasteiger partial charge on any atom is -0.468 e. The van der Waals surface area contributed by atoms with E-state index >= 15 is 0 Å². The van der Waals surface area contributed by atoms with Crippen LogP contribution in [-0.2, 0) is 6.54 Å². The van der Waals surface area contributed by atoms with Gasteiger partial charge in [-0.3, -0.25) is 9.59 Å². The van der Waals surface area contributed by atoms with Gasteiger partial charge in [0.05, 0.1) is 24.1 Å². The second-order valence-corrected chi connectivity index (χ2v) is 7.55. The first-order valence-electron chi connectivity index (χ1n) is 10.0. The minimum atomic E-state index is -0.268. The van der Waals surface area contributed by atoms with Crippen molar-refractivity contribution in [3.8, 4) is 5.75 Å². The lowest BCUT2D eigenvalue weighted by atomic mass is 9.81. The van der Waals surface area contributed by atoms with E-state index in [1.807, 2.05) is 30.4 Å². The molecule has 1 unspecified atom stereocenters. The van der Waals surface area contributed by atoms with E-state index in [1.165, 1.54) is 0 Å². The number of nitrogens with one attached hydrogen (secondary N) is 2. The largest absolute Gasteiger partial charge is 0.468 e. The molecular weight excluding hydrogens is 392 g/mol. The zero-order valence-corrected chi connectivity index (χ0v) is 16.3. The van der Waals surface area contributed by atoms with Crippen LogP contribution in [0.3, 0.4) is 0 Å². The van der Waals surface area contributed by atoms with Crippen molar-refractivity contribution >= 4 is 28.7 Å². The Morgan fingerprint density at radius 2 is 1.77 bits per heavy atom. The van der Waals surface area contributed by atoms with Gasteiger partial charge in [0.15, 0.2) is 11.5 Å². The van der Waals surface area contributed by atoms with E-state index < -0.39 is 0 Å². The average Bonchev–Trinajstić information content (AvgIpc) is 3.33. The van der Waals surface area contributed by atoms with E-state index in [1.54, 1.807) is 42.7 Å². The summed E-state index contributed by atoms with van der Waals surface area (Å²) in [4.78, 5) is 30.4. The van der Waals surface area contributed by atoms with Crippen LogP contribution in [0.5, 0.6) is 5.75 Å². The summed E-state index contributed by atoms with van der Waals surface area (Å²) in [6.07, 6.45) is 8.99. The van der Waals surface area contributed by atoms with Crippen molar-refractivity contribution < 1.29 is 23.7 Å². The number of rotatable bonds is 3. The van der Waals surface area contributed by atoms with Crippen molar-refractivity contribution in [1.29, 1.82) is 0 Å². The predicted octanol–water partition coefficient (Wildman–Crippen LogP) is 2.71. The van der Waals surface area contributed by atoms with Crippen molar-refractivity contribution in [1.82, 2.24) is 0 Å². The van der Waals surface area contributed by atoms with Gasteiger partial charge in [0.1, 0.15) is 11.3 Å². The molecular formula is C25H17N2O4+. The summed E-state index contributed by atoms with van der Waals surface area (Å²) < 4.78 is 11.6. The van der Waals surface area contributed by atoms with Gasteiger partial charge in [-0.25, -0.2) is 4.99 Å². The van der Waals surface area contributed by atoms with E-state index in [0.717, 1.165) is 11.5 Å². The molecule has 6 heteroatoms. The summed E-state index contributed by atoms with van der Waals surface area (Å²) in [6, 6.07) is 12.4. The van der Waals surface area contributed by atoms with E-state index in [4.69, 9.17) is 9.15 Å². The van der Waals surface area contributed by atoms with Crippen molar-refractivity contribution in [3.05, 3.63) is 101 Å². The highest BCUT2D eigenvalue weighted by molar-refractivity contribution is 6.32. The molecule has 2 aromatic carbocycles. The fourth-order valence-corrected chi connectivity index (χ4v) is 4.24. The molecule has 2 aliphatic carbocycles.